The summed E-state index contributed by atoms with van der Waals surface area (Å²) >= 11 is 0. The number of amides is 2. The molecule has 0 N–H and O–H groups in total. The molecule has 1 spiro atoms. The third kappa shape index (κ3) is 5.89. The number of nitrogens with zero attached hydrogens (tertiary/aromatic N) is 3. The fourth-order valence-electron chi connectivity index (χ4n) is 5.81. The lowest BCUT2D eigenvalue weighted by molar-refractivity contribution is -0.149. The summed E-state index contributed by atoms with van der Waals surface area (Å²) in [6.45, 7) is 8.45. The van der Waals surface area contributed by atoms with Crippen molar-refractivity contribution in [1.29, 1.82) is 0 Å². The largest absolute Gasteiger partial charge is 0.491 e. The van der Waals surface area contributed by atoms with Crippen LogP contribution < -0.4 is 4.74 Å². The van der Waals surface area contributed by atoms with Gasteiger partial charge in [0.05, 0.1) is 12.0 Å². The van der Waals surface area contributed by atoms with Gasteiger partial charge < -0.3 is 19.4 Å². The van der Waals surface area contributed by atoms with E-state index in [0.29, 0.717) is 39.2 Å². The number of likely N-dealkylation sites (tertiary alicyclic amines) is 2. The summed E-state index contributed by atoms with van der Waals surface area (Å²) in [5.74, 6) is 1.48. The van der Waals surface area contributed by atoms with Crippen molar-refractivity contribution in [2.45, 2.75) is 64.7 Å². The van der Waals surface area contributed by atoms with Crippen molar-refractivity contribution in [1.82, 2.24) is 14.7 Å². The number of ether oxygens (including phenoxy) is 1. The molecule has 3 heterocycles. The summed E-state index contributed by atoms with van der Waals surface area (Å²) in [6.07, 6.45) is 8.68. The number of rotatable bonds is 4. The number of aryl methyl sites for hydroxylation is 1. The molecule has 4 rings (SSSR count). The molecule has 182 valence electrons. The van der Waals surface area contributed by atoms with Gasteiger partial charge in [-0.05, 0) is 76.6 Å². The zero-order chi connectivity index (χ0) is 23.1. The first kappa shape index (κ1) is 24.1. The minimum Gasteiger partial charge on any atom is -0.491 e. The number of carbonyl (C=O) groups excluding carboxylic acids is 2. The number of benzene rings is 1. The van der Waals surface area contributed by atoms with E-state index < -0.39 is 0 Å². The van der Waals surface area contributed by atoms with Crippen LogP contribution in [0.2, 0.25) is 0 Å². The Morgan fingerprint density at radius 1 is 0.970 bits per heavy atom. The van der Waals surface area contributed by atoms with E-state index in [1.807, 2.05) is 21.9 Å². The lowest BCUT2D eigenvalue weighted by Gasteiger charge is -2.43. The van der Waals surface area contributed by atoms with Gasteiger partial charge in [0, 0.05) is 32.6 Å². The van der Waals surface area contributed by atoms with Gasteiger partial charge in [-0.15, -0.1) is 0 Å². The summed E-state index contributed by atoms with van der Waals surface area (Å²) in [5, 5.41) is 0. The van der Waals surface area contributed by atoms with Crippen molar-refractivity contribution in [2.75, 3.05) is 52.4 Å². The van der Waals surface area contributed by atoms with Gasteiger partial charge in [-0.1, -0.05) is 24.6 Å². The Morgan fingerprint density at radius 2 is 1.73 bits per heavy atom. The fourth-order valence-corrected chi connectivity index (χ4v) is 5.81. The van der Waals surface area contributed by atoms with Crippen LogP contribution in [-0.4, -0.2) is 78.9 Å². The highest BCUT2D eigenvalue weighted by atomic mass is 16.5. The molecule has 3 aliphatic rings. The number of likely N-dealkylation sites (N-methyl/N-ethyl adjacent to an activating group) is 1. The van der Waals surface area contributed by atoms with Gasteiger partial charge in [0.15, 0.2) is 0 Å². The Morgan fingerprint density at radius 3 is 2.48 bits per heavy atom. The highest BCUT2D eigenvalue weighted by Crippen LogP contribution is 2.39. The topological polar surface area (TPSA) is 53.1 Å². The molecule has 6 nitrogen and oxygen atoms in total. The average Bonchev–Trinajstić information content (AvgIpc) is 3.37. The minimum absolute atomic E-state index is 0.259. The maximum atomic E-state index is 13.8. The maximum Gasteiger partial charge on any atom is 0.229 e. The number of carbonyl (C=O) groups is 2. The molecule has 0 aromatic heterocycles. The number of hydrogen-bond acceptors (Lipinski definition) is 4. The smallest absolute Gasteiger partial charge is 0.229 e. The number of para-hydroxylation sites is 1. The van der Waals surface area contributed by atoms with E-state index in [2.05, 4.69) is 24.0 Å². The van der Waals surface area contributed by atoms with Crippen LogP contribution in [-0.2, 0) is 16.0 Å². The van der Waals surface area contributed by atoms with E-state index in [9.17, 15) is 9.59 Å². The van der Waals surface area contributed by atoms with E-state index in [4.69, 9.17) is 4.74 Å². The van der Waals surface area contributed by atoms with E-state index in [0.717, 1.165) is 63.9 Å². The predicted molar refractivity (Wildman–Crippen MR) is 130 cm³/mol. The normalized spacial score (nSPS) is 22.4. The molecule has 33 heavy (non-hydrogen) atoms. The fraction of sp³-hybridized carbons (Fsp3) is 0.704. The van der Waals surface area contributed by atoms with Crippen LogP contribution in [0.5, 0.6) is 5.75 Å². The second kappa shape index (κ2) is 11.4. The highest BCUT2D eigenvalue weighted by Gasteiger charge is 2.43. The number of hydrogen-bond donors (Lipinski definition) is 0. The van der Waals surface area contributed by atoms with Crippen molar-refractivity contribution in [3.8, 4) is 5.75 Å². The lowest BCUT2D eigenvalue weighted by atomic mass is 9.73. The van der Waals surface area contributed by atoms with Crippen molar-refractivity contribution in [3.63, 3.8) is 0 Å². The Labute approximate surface area is 199 Å². The van der Waals surface area contributed by atoms with E-state index >= 15 is 0 Å². The van der Waals surface area contributed by atoms with Gasteiger partial charge in [-0.2, -0.15) is 0 Å². The summed E-state index contributed by atoms with van der Waals surface area (Å²) in [6, 6.07) is 8.29. The molecule has 2 fully saturated rings. The molecular formula is C27H41N3O3. The zero-order valence-electron chi connectivity index (χ0n) is 20.4. The predicted octanol–water partition coefficient (Wildman–Crippen LogP) is 3.74. The van der Waals surface area contributed by atoms with Crippen LogP contribution in [0.3, 0.4) is 0 Å². The van der Waals surface area contributed by atoms with Crippen molar-refractivity contribution in [2.24, 2.45) is 5.41 Å². The molecule has 0 atom stereocenters. The zero-order valence-corrected chi connectivity index (χ0v) is 20.4. The van der Waals surface area contributed by atoms with Crippen LogP contribution in [0.15, 0.2) is 24.3 Å². The Balaban J connectivity index is 1.39. The van der Waals surface area contributed by atoms with Gasteiger partial charge in [-0.25, -0.2) is 0 Å². The molecule has 0 bridgehead atoms. The van der Waals surface area contributed by atoms with Crippen LogP contribution in [0.25, 0.3) is 0 Å². The Hall–Kier alpha value is -2.08. The molecule has 6 heteroatoms. The van der Waals surface area contributed by atoms with E-state index in [1.54, 1.807) is 0 Å². The SMILES string of the molecule is CCN1CCOc2ccccc2CCCCC2(CCN(C(=O)CCN3CCCC3)CC2)C1=O. The van der Waals surface area contributed by atoms with Crippen LogP contribution >= 0.6 is 0 Å². The average molecular weight is 456 g/mol. The Bertz CT molecular complexity index is 798. The number of piperidine rings is 1. The van der Waals surface area contributed by atoms with Gasteiger partial charge >= 0.3 is 0 Å². The monoisotopic (exact) mass is 455 g/mol. The van der Waals surface area contributed by atoms with E-state index in [1.165, 1.54) is 18.4 Å². The van der Waals surface area contributed by atoms with Gasteiger partial charge in [0.25, 0.3) is 0 Å². The summed E-state index contributed by atoms with van der Waals surface area (Å²) < 4.78 is 6.08. The lowest BCUT2D eigenvalue weighted by Crippen LogP contribution is -2.52. The summed E-state index contributed by atoms with van der Waals surface area (Å²) in [5.41, 5.74) is 0.931. The number of fused-ring (bicyclic) bond motifs is 1. The van der Waals surface area contributed by atoms with Crippen molar-refractivity contribution < 1.29 is 14.3 Å². The standard InChI is InChI=1S/C27H41N3O3/c1-2-29-21-22-33-24-11-4-3-9-23(24)10-5-6-13-27(26(29)32)14-19-30(20-15-27)25(31)12-18-28-16-7-8-17-28/h3-4,9,11H,2,5-8,10,12-22H2,1H3. The van der Waals surface area contributed by atoms with Crippen molar-refractivity contribution in [3.05, 3.63) is 29.8 Å². The van der Waals surface area contributed by atoms with Crippen LogP contribution in [0.4, 0.5) is 0 Å². The third-order valence-corrected chi connectivity index (χ3v) is 7.98. The molecule has 2 amide bonds. The second-order valence-electron chi connectivity index (χ2n) is 10.0. The first-order valence-corrected chi connectivity index (χ1v) is 13.1. The molecular weight excluding hydrogens is 414 g/mol. The van der Waals surface area contributed by atoms with Crippen molar-refractivity contribution >= 4 is 11.8 Å². The van der Waals surface area contributed by atoms with E-state index in [-0.39, 0.29) is 17.2 Å². The maximum absolute atomic E-state index is 13.8. The molecule has 2 saturated heterocycles. The van der Waals surface area contributed by atoms with Crippen LogP contribution in [0, 0.1) is 5.41 Å². The Kier molecular flexibility index (Phi) is 8.29. The molecule has 0 unspecified atom stereocenters. The molecule has 0 aliphatic carbocycles. The molecule has 0 radical (unpaired) electrons. The second-order valence-corrected chi connectivity index (χ2v) is 10.0. The van der Waals surface area contributed by atoms with Crippen LogP contribution in [0.1, 0.15) is 63.9 Å². The minimum atomic E-state index is -0.333. The molecule has 0 saturated carbocycles. The molecule has 3 aliphatic heterocycles. The summed E-state index contributed by atoms with van der Waals surface area (Å²) in [7, 11) is 0. The van der Waals surface area contributed by atoms with Gasteiger partial charge in [0.2, 0.25) is 11.8 Å². The highest BCUT2D eigenvalue weighted by molar-refractivity contribution is 5.83. The first-order valence-electron chi connectivity index (χ1n) is 13.1. The summed E-state index contributed by atoms with van der Waals surface area (Å²) in [4.78, 5) is 33.0. The molecule has 1 aromatic carbocycles. The van der Waals surface area contributed by atoms with Gasteiger partial charge in [-0.3, -0.25) is 9.59 Å². The third-order valence-electron chi connectivity index (χ3n) is 7.98. The van der Waals surface area contributed by atoms with Gasteiger partial charge in [0.1, 0.15) is 12.4 Å². The molecule has 1 aromatic rings. The first-order chi connectivity index (χ1) is 16.1. The quantitative estimate of drug-likeness (QED) is 0.694.